The first-order valence-electron chi connectivity index (χ1n) is 7.64. The van der Waals surface area contributed by atoms with Crippen LogP contribution >= 0.6 is 0 Å². The van der Waals surface area contributed by atoms with Crippen molar-refractivity contribution in [3.63, 3.8) is 0 Å². The molecule has 0 radical (unpaired) electrons. The number of nitrogens with zero attached hydrogens (tertiary/aromatic N) is 1. The summed E-state index contributed by atoms with van der Waals surface area (Å²) in [5.41, 5.74) is 2.43. The molecule has 3 rings (SSSR count). The average molecular weight is 329 g/mol. The van der Waals surface area contributed by atoms with Gasteiger partial charge in [0.05, 0.1) is 6.10 Å². The fourth-order valence-corrected chi connectivity index (χ4v) is 2.38. The molecule has 0 fully saturated rings. The molecule has 126 valence electrons. The fraction of sp³-hybridized carbons (Fsp3) is 0.333. The number of hydrogen-bond acceptors (Lipinski definition) is 6. The quantitative estimate of drug-likeness (QED) is 0.665. The molecular formula is C18H19NO5. The first kappa shape index (κ1) is 16.3. The summed E-state index contributed by atoms with van der Waals surface area (Å²) in [6, 6.07) is 7.22. The predicted octanol–water partition coefficient (Wildman–Crippen LogP) is 3.68. The van der Waals surface area contributed by atoms with E-state index in [1.807, 2.05) is 26.0 Å². The summed E-state index contributed by atoms with van der Waals surface area (Å²) in [5.74, 6) is 1.18. The van der Waals surface area contributed by atoms with E-state index in [4.69, 9.17) is 18.4 Å². The van der Waals surface area contributed by atoms with E-state index >= 15 is 0 Å². The zero-order valence-electron chi connectivity index (χ0n) is 14.1. The Morgan fingerprint density at radius 1 is 1.21 bits per heavy atom. The van der Waals surface area contributed by atoms with Crippen molar-refractivity contribution in [2.75, 3.05) is 7.11 Å². The number of fused-ring (bicyclic) bond motifs is 1. The van der Waals surface area contributed by atoms with Crippen molar-refractivity contribution >= 4 is 11.0 Å². The zero-order valence-corrected chi connectivity index (χ0v) is 14.1. The normalized spacial score (nSPS) is 12.5. The summed E-state index contributed by atoms with van der Waals surface area (Å²) in [6.07, 6.45) is -0.136. The maximum Gasteiger partial charge on any atom is 0.339 e. The van der Waals surface area contributed by atoms with Gasteiger partial charge in [0, 0.05) is 30.2 Å². The number of methoxy groups -OCH3 is 1. The minimum atomic E-state index is -0.328. The van der Waals surface area contributed by atoms with Crippen molar-refractivity contribution in [2.45, 2.75) is 33.5 Å². The number of benzene rings is 1. The molecule has 1 aromatic carbocycles. The average Bonchev–Trinajstić information content (AvgIpc) is 3.06. The van der Waals surface area contributed by atoms with Crippen LogP contribution in [0.3, 0.4) is 0 Å². The van der Waals surface area contributed by atoms with Gasteiger partial charge >= 0.3 is 5.63 Å². The Labute approximate surface area is 139 Å². The van der Waals surface area contributed by atoms with Gasteiger partial charge in [0.25, 0.3) is 0 Å². The van der Waals surface area contributed by atoms with Crippen LogP contribution in [0.4, 0.5) is 0 Å². The lowest BCUT2D eigenvalue weighted by atomic mass is 10.1. The third kappa shape index (κ3) is 3.05. The third-order valence-corrected chi connectivity index (χ3v) is 4.16. The van der Waals surface area contributed by atoms with Crippen LogP contribution in [0.2, 0.25) is 0 Å². The second kappa shape index (κ2) is 6.49. The SMILES string of the molecule is COC(C)c1cc(COc2ccc3c(C)c(C)c(=O)oc3c2)on1. The molecule has 24 heavy (non-hydrogen) atoms. The Morgan fingerprint density at radius 3 is 2.75 bits per heavy atom. The van der Waals surface area contributed by atoms with Gasteiger partial charge in [-0.2, -0.15) is 0 Å². The van der Waals surface area contributed by atoms with Gasteiger partial charge in [-0.25, -0.2) is 4.79 Å². The van der Waals surface area contributed by atoms with Gasteiger partial charge in [0.15, 0.2) is 5.76 Å². The second-order valence-electron chi connectivity index (χ2n) is 5.68. The van der Waals surface area contributed by atoms with Crippen LogP contribution in [-0.2, 0) is 11.3 Å². The number of ether oxygens (including phenoxy) is 2. The first-order chi connectivity index (χ1) is 11.5. The van der Waals surface area contributed by atoms with E-state index in [1.54, 1.807) is 26.2 Å². The van der Waals surface area contributed by atoms with Crippen molar-refractivity contribution in [2.24, 2.45) is 0 Å². The summed E-state index contributed by atoms with van der Waals surface area (Å²) in [7, 11) is 1.61. The zero-order chi connectivity index (χ0) is 17.3. The maximum atomic E-state index is 11.8. The molecule has 0 bridgehead atoms. The lowest BCUT2D eigenvalue weighted by Gasteiger charge is -2.07. The van der Waals surface area contributed by atoms with E-state index in [2.05, 4.69) is 5.16 Å². The molecule has 0 aliphatic heterocycles. The highest BCUT2D eigenvalue weighted by Crippen LogP contribution is 2.24. The van der Waals surface area contributed by atoms with E-state index in [1.165, 1.54) is 0 Å². The molecule has 3 aromatic rings. The topological polar surface area (TPSA) is 74.7 Å². The molecule has 0 N–H and O–H groups in total. The highest BCUT2D eigenvalue weighted by atomic mass is 16.5. The summed E-state index contributed by atoms with van der Waals surface area (Å²) in [4.78, 5) is 11.8. The first-order valence-corrected chi connectivity index (χ1v) is 7.64. The number of rotatable bonds is 5. The van der Waals surface area contributed by atoms with Crippen LogP contribution in [0.5, 0.6) is 5.75 Å². The van der Waals surface area contributed by atoms with Gasteiger partial charge in [0.1, 0.15) is 23.6 Å². The monoisotopic (exact) mass is 329 g/mol. The Kier molecular flexibility index (Phi) is 4.40. The Morgan fingerprint density at radius 2 is 2.00 bits per heavy atom. The summed E-state index contributed by atoms with van der Waals surface area (Å²) < 4.78 is 21.4. The largest absolute Gasteiger partial charge is 0.485 e. The van der Waals surface area contributed by atoms with Gasteiger partial charge in [-0.05, 0) is 38.5 Å². The number of aromatic nitrogens is 1. The molecule has 2 heterocycles. The van der Waals surface area contributed by atoms with Gasteiger partial charge in [-0.1, -0.05) is 5.16 Å². The molecule has 6 heteroatoms. The van der Waals surface area contributed by atoms with Gasteiger partial charge in [0.2, 0.25) is 0 Å². The van der Waals surface area contributed by atoms with E-state index in [0.717, 1.165) is 10.9 Å². The third-order valence-electron chi connectivity index (χ3n) is 4.16. The highest BCUT2D eigenvalue weighted by molar-refractivity contribution is 5.82. The van der Waals surface area contributed by atoms with Crippen LogP contribution in [-0.4, -0.2) is 12.3 Å². The Balaban J connectivity index is 1.79. The summed E-state index contributed by atoms with van der Waals surface area (Å²) >= 11 is 0. The summed E-state index contributed by atoms with van der Waals surface area (Å²) in [5, 5.41) is 4.84. The predicted molar refractivity (Wildman–Crippen MR) is 88.2 cm³/mol. The second-order valence-corrected chi connectivity index (χ2v) is 5.68. The van der Waals surface area contributed by atoms with Gasteiger partial charge in [-0.3, -0.25) is 0 Å². The Bertz CT molecular complexity index is 925. The molecular weight excluding hydrogens is 310 g/mol. The molecule has 0 amide bonds. The van der Waals surface area contributed by atoms with Crippen LogP contribution in [0.15, 0.2) is 38.0 Å². The maximum absolute atomic E-state index is 11.8. The minimum absolute atomic E-state index is 0.136. The molecule has 1 atom stereocenters. The smallest absolute Gasteiger partial charge is 0.339 e. The molecule has 6 nitrogen and oxygen atoms in total. The standard InChI is InChI=1S/C18H19NO5/c1-10-11(2)18(20)23-17-8-13(5-6-15(10)17)22-9-14-7-16(19-24-14)12(3)21-4/h5-8,12H,9H2,1-4H3. The van der Waals surface area contributed by atoms with E-state index < -0.39 is 0 Å². The lowest BCUT2D eigenvalue weighted by Crippen LogP contribution is -2.05. The van der Waals surface area contributed by atoms with Crippen LogP contribution in [0, 0.1) is 13.8 Å². The van der Waals surface area contributed by atoms with Crippen molar-refractivity contribution in [3.05, 3.63) is 57.3 Å². The van der Waals surface area contributed by atoms with Crippen LogP contribution in [0.1, 0.15) is 35.6 Å². The number of hydrogen-bond donors (Lipinski definition) is 0. The summed E-state index contributed by atoms with van der Waals surface area (Å²) in [6.45, 7) is 5.78. The highest BCUT2D eigenvalue weighted by Gasteiger charge is 2.12. The molecule has 1 unspecified atom stereocenters. The van der Waals surface area contributed by atoms with Crippen LogP contribution in [0.25, 0.3) is 11.0 Å². The van der Waals surface area contributed by atoms with E-state index in [0.29, 0.717) is 28.4 Å². The van der Waals surface area contributed by atoms with Gasteiger partial charge < -0.3 is 18.4 Å². The fourth-order valence-electron chi connectivity index (χ4n) is 2.38. The minimum Gasteiger partial charge on any atom is -0.485 e. The molecule has 0 saturated carbocycles. The van der Waals surface area contributed by atoms with E-state index in [9.17, 15) is 4.79 Å². The van der Waals surface area contributed by atoms with Crippen molar-refractivity contribution in [1.29, 1.82) is 0 Å². The van der Waals surface area contributed by atoms with Crippen molar-refractivity contribution in [3.8, 4) is 5.75 Å². The molecule has 0 aliphatic carbocycles. The lowest BCUT2D eigenvalue weighted by molar-refractivity contribution is 0.112. The van der Waals surface area contributed by atoms with Crippen molar-refractivity contribution < 1.29 is 18.4 Å². The van der Waals surface area contributed by atoms with Gasteiger partial charge in [-0.15, -0.1) is 0 Å². The molecule has 0 saturated heterocycles. The van der Waals surface area contributed by atoms with Crippen LogP contribution < -0.4 is 10.4 Å². The van der Waals surface area contributed by atoms with Crippen molar-refractivity contribution in [1.82, 2.24) is 5.16 Å². The Hall–Kier alpha value is -2.60. The molecule has 0 aliphatic rings. The molecule has 0 spiro atoms. The molecule has 2 aromatic heterocycles. The number of aryl methyl sites for hydroxylation is 1. The van der Waals surface area contributed by atoms with E-state index in [-0.39, 0.29) is 18.3 Å².